The number of rotatable bonds is 8. The zero-order chi connectivity index (χ0) is 25.5. The molecule has 7 nitrogen and oxygen atoms in total. The van der Waals surface area contributed by atoms with Crippen LogP contribution in [0.2, 0.25) is 0 Å². The molecule has 37 heavy (non-hydrogen) atoms. The van der Waals surface area contributed by atoms with Crippen LogP contribution in [0.25, 0.3) is 11.3 Å². The molecule has 0 atom stereocenters. The number of carbonyl (C=O) groups is 1. The van der Waals surface area contributed by atoms with Crippen LogP contribution >= 0.6 is 11.8 Å². The molecular formula is C29H30N6OS. The van der Waals surface area contributed by atoms with Gasteiger partial charge in [0, 0.05) is 55.3 Å². The Morgan fingerprint density at radius 3 is 2.51 bits per heavy atom. The number of amides is 1. The molecule has 1 aliphatic heterocycles. The Morgan fingerprint density at radius 1 is 0.919 bits per heavy atom. The summed E-state index contributed by atoms with van der Waals surface area (Å²) in [6.07, 6.45) is 1.73. The van der Waals surface area contributed by atoms with Crippen molar-refractivity contribution >= 4 is 23.5 Å². The van der Waals surface area contributed by atoms with Gasteiger partial charge in [-0.15, -0.1) is 0 Å². The highest BCUT2D eigenvalue weighted by Crippen LogP contribution is 2.28. The van der Waals surface area contributed by atoms with Crippen molar-refractivity contribution in [3.63, 3.8) is 0 Å². The number of hydrogen-bond acceptors (Lipinski definition) is 7. The van der Waals surface area contributed by atoms with E-state index in [0.29, 0.717) is 17.9 Å². The first-order valence-electron chi connectivity index (χ1n) is 12.4. The van der Waals surface area contributed by atoms with Crippen molar-refractivity contribution in [2.75, 3.05) is 38.1 Å². The third kappa shape index (κ3) is 6.72. The lowest BCUT2D eigenvalue weighted by Crippen LogP contribution is -2.44. The lowest BCUT2D eigenvalue weighted by Gasteiger charge is -2.33. The Bertz CT molecular complexity index is 1330. The molecule has 0 radical (unpaired) electrons. The lowest BCUT2D eigenvalue weighted by molar-refractivity contribution is 0.0950. The predicted octanol–water partition coefficient (Wildman–Crippen LogP) is 4.51. The minimum Gasteiger partial charge on any atom is -0.354 e. The Labute approximate surface area is 222 Å². The summed E-state index contributed by atoms with van der Waals surface area (Å²) in [5.74, 6) is 1.52. The minimum atomic E-state index is -0.114. The molecule has 0 spiro atoms. The quantitative estimate of drug-likeness (QED) is 0.276. The summed E-state index contributed by atoms with van der Waals surface area (Å²) in [7, 11) is 2.15. The molecule has 0 bridgehead atoms. The second-order valence-electron chi connectivity index (χ2n) is 9.04. The molecule has 2 aromatic carbocycles. The Balaban J connectivity index is 1.30. The molecular weight excluding hydrogens is 480 g/mol. The maximum Gasteiger partial charge on any atom is 0.251 e. The van der Waals surface area contributed by atoms with Gasteiger partial charge in [0.25, 0.3) is 5.91 Å². The van der Waals surface area contributed by atoms with E-state index in [-0.39, 0.29) is 5.91 Å². The van der Waals surface area contributed by atoms with Crippen LogP contribution in [-0.2, 0) is 12.3 Å². The number of nitrogens with zero attached hydrogens (tertiary/aromatic N) is 5. The summed E-state index contributed by atoms with van der Waals surface area (Å²) in [5.41, 5.74) is 4.51. The molecule has 5 rings (SSSR count). The molecule has 0 saturated carbocycles. The van der Waals surface area contributed by atoms with Gasteiger partial charge in [0.15, 0.2) is 5.16 Å². The van der Waals surface area contributed by atoms with Crippen molar-refractivity contribution in [3.8, 4) is 11.3 Å². The number of likely N-dealkylation sites (N-methyl/N-ethyl adjacent to an activating group) is 1. The SMILES string of the molecule is CN1CCN(c2cc(-c3ccccc3)nc(SCc3cccc(C(=O)NCc4ccccn4)c3)n2)CC1. The van der Waals surface area contributed by atoms with Gasteiger partial charge in [-0.1, -0.05) is 60.3 Å². The number of nitrogens with one attached hydrogen (secondary N) is 1. The van der Waals surface area contributed by atoms with Crippen LogP contribution in [0, 0.1) is 0 Å². The van der Waals surface area contributed by atoms with Gasteiger partial charge in [0.1, 0.15) is 5.82 Å². The van der Waals surface area contributed by atoms with Crippen LogP contribution in [0.1, 0.15) is 21.6 Å². The molecule has 0 unspecified atom stereocenters. The molecule has 0 aliphatic carbocycles. The smallest absolute Gasteiger partial charge is 0.251 e. The van der Waals surface area contributed by atoms with Crippen molar-refractivity contribution in [1.82, 2.24) is 25.2 Å². The van der Waals surface area contributed by atoms with E-state index in [2.05, 4.69) is 45.3 Å². The minimum absolute atomic E-state index is 0.114. The van der Waals surface area contributed by atoms with E-state index < -0.39 is 0 Å². The first kappa shape index (κ1) is 24.9. The fraction of sp³-hybridized carbons (Fsp3) is 0.241. The molecule has 8 heteroatoms. The number of aromatic nitrogens is 3. The van der Waals surface area contributed by atoms with Crippen LogP contribution in [0.3, 0.4) is 0 Å². The summed E-state index contributed by atoms with van der Waals surface area (Å²) in [5, 5.41) is 3.68. The Kier molecular flexibility index (Phi) is 8.08. The second-order valence-corrected chi connectivity index (χ2v) is 9.99. The number of benzene rings is 2. The van der Waals surface area contributed by atoms with Crippen LogP contribution in [0.5, 0.6) is 0 Å². The van der Waals surface area contributed by atoms with E-state index in [9.17, 15) is 4.79 Å². The van der Waals surface area contributed by atoms with Crippen molar-refractivity contribution in [2.24, 2.45) is 0 Å². The van der Waals surface area contributed by atoms with Crippen LogP contribution in [-0.4, -0.2) is 59.0 Å². The highest BCUT2D eigenvalue weighted by molar-refractivity contribution is 7.98. The standard InChI is InChI=1S/C29H30N6OS/c1-34-14-16-35(17-15-34)27-19-26(23-9-3-2-4-10-23)32-29(33-27)37-21-22-8-7-11-24(18-22)28(36)31-20-25-12-5-6-13-30-25/h2-13,18-19H,14-17,20-21H2,1H3,(H,31,36). The van der Waals surface area contributed by atoms with Gasteiger partial charge in [0.05, 0.1) is 17.9 Å². The van der Waals surface area contributed by atoms with E-state index >= 15 is 0 Å². The first-order chi connectivity index (χ1) is 18.1. The van der Waals surface area contributed by atoms with E-state index in [1.54, 1.807) is 18.0 Å². The molecule has 1 amide bonds. The molecule has 1 aliphatic rings. The van der Waals surface area contributed by atoms with Crippen molar-refractivity contribution in [2.45, 2.75) is 17.5 Å². The van der Waals surface area contributed by atoms with Gasteiger partial charge in [0.2, 0.25) is 0 Å². The molecule has 1 saturated heterocycles. The molecule has 1 fully saturated rings. The Morgan fingerprint density at radius 2 is 1.73 bits per heavy atom. The monoisotopic (exact) mass is 510 g/mol. The fourth-order valence-electron chi connectivity index (χ4n) is 4.16. The third-order valence-corrected chi connectivity index (χ3v) is 7.22. The highest BCUT2D eigenvalue weighted by atomic mass is 32.2. The fourth-order valence-corrected chi connectivity index (χ4v) is 4.95. The van der Waals surface area contributed by atoms with E-state index in [0.717, 1.165) is 59.7 Å². The second kappa shape index (κ2) is 12.0. The molecule has 3 heterocycles. The molecule has 4 aromatic rings. The zero-order valence-electron chi connectivity index (χ0n) is 20.9. The van der Waals surface area contributed by atoms with Gasteiger partial charge in [-0.3, -0.25) is 9.78 Å². The highest BCUT2D eigenvalue weighted by Gasteiger charge is 2.18. The number of pyridine rings is 1. The lowest BCUT2D eigenvalue weighted by atomic mass is 10.1. The number of carbonyl (C=O) groups excluding carboxylic acids is 1. The maximum atomic E-state index is 12.7. The molecule has 1 N–H and O–H groups in total. The van der Waals surface area contributed by atoms with Gasteiger partial charge < -0.3 is 15.1 Å². The topological polar surface area (TPSA) is 74.2 Å². The summed E-state index contributed by atoms with van der Waals surface area (Å²) < 4.78 is 0. The number of thioether (sulfide) groups is 1. The van der Waals surface area contributed by atoms with Crippen molar-refractivity contribution in [3.05, 3.63) is 102 Å². The summed E-state index contributed by atoms with van der Waals surface area (Å²) >= 11 is 1.59. The maximum absolute atomic E-state index is 12.7. The average Bonchev–Trinajstić information content (AvgIpc) is 2.96. The van der Waals surface area contributed by atoms with Crippen LogP contribution in [0.15, 0.2) is 90.2 Å². The first-order valence-corrected chi connectivity index (χ1v) is 13.4. The zero-order valence-corrected chi connectivity index (χ0v) is 21.7. The summed E-state index contributed by atoms with van der Waals surface area (Å²) in [6, 6.07) is 25.7. The average molecular weight is 511 g/mol. The van der Waals surface area contributed by atoms with Crippen molar-refractivity contribution < 1.29 is 4.79 Å². The van der Waals surface area contributed by atoms with E-state index in [4.69, 9.17) is 9.97 Å². The van der Waals surface area contributed by atoms with Gasteiger partial charge in [-0.2, -0.15) is 0 Å². The normalized spacial score (nSPS) is 13.9. The van der Waals surface area contributed by atoms with E-state index in [1.807, 2.05) is 60.7 Å². The van der Waals surface area contributed by atoms with Crippen molar-refractivity contribution in [1.29, 1.82) is 0 Å². The van der Waals surface area contributed by atoms with E-state index in [1.165, 1.54) is 0 Å². The van der Waals surface area contributed by atoms with Gasteiger partial charge >= 0.3 is 0 Å². The largest absolute Gasteiger partial charge is 0.354 e. The number of anilines is 1. The van der Waals surface area contributed by atoms with Gasteiger partial charge in [-0.05, 0) is 36.9 Å². The number of piperazine rings is 1. The van der Waals surface area contributed by atoms with Crippen LogP contribution in [0.4, 0.5) is 5.82 Å². The molecule has 188 valence electrons. The van der Waals surface area contributed by atoms with Crippen LogP contribution < -0.4 is 10.2 Å². The van der Waals surface area contributed by atoms with Gasteiger partial charge in [-0.25, -0.2) is 9.97 Å². The predicted molar refractivity (Wildman–Crippen MR) is 149 cm³/mol. The summed E-state index contributed by atoms with van der Waals surface area (Å²) in [6.45, 7) is 4.32. The number of hydrogen-bond donors (Lipinski definition) is 1. The third-order valence-electron chi connectivity index (χ3n) is 6.30. The Hall–Kier alpha value is -3.75. The molecule has 2 aromatic heterocycles. The summed E-state index contributed by atoms with van der Waals surface area (Å²) in [4.78, 5) is 31.4.